The highest BCUT2D eigenvalue weighted by Crippen LogP contribution is 2.17. The lowest BCUT2D eigenvalue weighted by molar-refractivity contribution is -0.107. The molecule has 0 fully saturated rings. The summed E-state index contributed by atoms with van der Waals surface area (Å²) < 4.78 is 0. The van der Waals surface area contributed by atoms with Crippen molar-refractivity contribution in [3.63, 3.8) is 0 Å². The van der Waals surface area contributed by atoms with Crippen LogP contribution in [0.3, 0.4) is 0 Å². The molecule has 0 aromatic rings. The molecule has 0 N–H and O–H groups in total. The predicted molar refractivity (Wildman–Crippen MR) is 41.7 cm³/mol. The van der Waals surface area contributed by atoms with Gasteiger partial charge in [0.15, 0.2) is 0 Å². The molecule has 2 heteroatoms. The number of carbonyl (C=O) groups is 1. The van der Waals surface area contributed by atoms with Gasteiger partial charge in [0.25, 0.3) is 0 Å². The third-order valence-corrected chi connectivity index (χ3v) is 1.64. The van der Waals surface area contributed by atoms with E-state index in [0.717, 1.165) is 30.3 Å². The molecule has 0 saturated carbocycles. The lowest BCUT2D eigenvalue weighted by Crippen LogP contribution is -1.91. The molecular weight excluding hydrogens is 138 g/mol. The largest absolute Gasteiger partial charge is 0.303 e. The number of hydrogen-bond donors (Lipinski definition) is 0. The molecule has 56 valence electrons. The Morgan fingerprint density at radius 3 is 3.18 bits per heavy atom. The summed E-state index contributed by atoms with van der Waals surface area (Å²) >= 11 is 0. The van der Waals surface area contributed by atoms with Gasteiger partial charge in [-0.05, 0) is 24.5 Å². The summed E-state index contributed by atoms with van der Waals surface area (Å²) in [7, 11) is 0. The van der Waals surface area contributed by atoms with Crippen LogP contribution in [-0.4, -0.2) is 6.29 Å². The van der Waals surface area contributed by atoms with Crippen molar-refractivity contribution in [1.29, 1.82) is 5.26 Å². The SMILES string of the molecule is N#CC1=CC(CC=O)=CCC1. The summed E-state index contributed by atoms with van der Waals surface area (Å²) in [5, 5.41) is 8.54. The van der Waals surface area contributed by atoms with Crippen molar-refractivity contribution in [3.05, 3.63) is 23.3 Å². The highest BCUT2D eigenvalue weighted by molar-refractivity contribution is 5.57. The van der Waals surface area contributed by atoms with Gasteiger partial charge in [0.05, 0.1) is 6.07 Å². The minimum absolute atomic E-state index is 0.436. The third-order valence-electron chi connectivity index (χ3n) is 1.64. The molecule has 0 aliphatic heterocycles. The Morgan fingerprint density at radius 2 is 2.55 bits per heavy atom. The van der Waals surface area contributed by atoms with Crippen LogP contribution in [0.2, 0.25) is 0 Å². The smallest absolute Gasteiger partial charge is 0.124 e. The van der Waals surface area contributed by atoms with Gasteiger partial charge in [-0.3, -0.25) is 0 Å². The van der Waals surface area contributed by atoms with Gasteiger partial charge in [0.2, 0.25) is 0 Å². The summed E-state index contributed by atoms with van der Waals surface area (Å²) in [5.74, 6) is 0. The molecule has 0 atom stereocenters. The van der Waals surface area contributed by atoms with Crippen LogP contribution < -0.4 is 0 Å². The molecule has 1 aliphatic carbocycles. The van der Waals surface area contributed by atoms with Crippen molar-refractivity contribution in [3.8, 4) is 6.07 Å². The van der Waals surface area contributed by atoms with Crippen LogP contribution in [0.5, 0.6) is 0 Å². The van der Waals surface area contributed by atoms with Gasteiger partial charge in [-0.15, -0.1) is 0 Å². The molecule has 1 rings (SSSR count). The van der Waals surface area contributed by atoms with E-state index in [4.69, 9.17) is 5.26 Å². The van der Waals surface area contributed by atoms with E-state index in [1.54, 1.807) is 6.08 Å². The number of aldehydes is 1. The summed E-state index contributed by atoms with van der Waals surface area (Å²) in [6, 6.07) is 2.10. The van der Waals surface area contributed by atoms with Crippen LogP contribution in [0.1, 0.15) is 19.3 Å². The molecule has 0 radical (unpaired) electrons. The van der Waals surface area contributed by atoms with E-state index in [1.165, 1.54) is 0 Å². The zero-order chi connectivity index (χ0) is 8.10. The predicted octanol–water partition coefficient (Wildman–Crippen LogP) is 1.75. The van der Waals surface area contributed by atoms with Gasteiger partial charge in [-0.1, -0.05) is 6.08 Å². The van der Waals surface area contributed by atoms with E-state index in [0.29, 0.717) is 6.42 Å². The molecule has 2 nitrogen and oxygen atoms in total. The average Bonchev–Trinajstić information content (AvgIpc) is 2.06. The van der Waals surface area contributed by atoms with Crippen LogP contribution in [0.4, 0.5) is 0 Å². The highest BCUT2D eigenvalue weighted by atomic mass is 16.1. The zero-order valence-corrected chi connectivity index (χ0v) is 6.21. The van der Waals surface area contributed by atoms with Gasteiger partial charge < -0.3 is 4.79 Å². The van der Waals surface area contributed by atoms with Crippen LogP contribution in [0, 0.1) is 11.3 Å². The van der Waals surface area contributed by atoms with E-state index in [9.17, 15) is 4.79 Å². The summed E-state index contributed by atoms with van der Waals surface area (Å²) in [6.45, 7) is 0. The van der Waals surface area contributed by atoms with E-state index in [-0.39, 0.29) is 0 Å². The maximum Gasteiger partial charge on any atom is 0.124 e. The molecule has 0 bridgehead atoms. The van der Waals surface area contributed by atoms with Crippen LogP contribution in [0.15, 0.2) is 23.3 Å². The highest BCUT2D eigenvalue weighted by Gasteiger charge is 2.03. The van der Waals surface area contributed by atoms with E-state index in [1.807, 2.05) is 6.08 Å². The summed E-state index contributed by atoms with van der Waals surface area (Å²) in [5.41, 5.74) is 1.76. The Hall–Kier alpha value is -1.36. The topological polar surface area (TPSA) is 40.9 Å². The van der Waals surface area contributed by atoms with Crippen LogP contribution >= 0.6 is 0 Å². The van der Waals surface area contributed by atoms with Gasteiger partial charge >= 0.3 is 0 Å². The van der Waals surface area contributed by atoms with E-state index < -0.39 is 0 Å². The Balaban J connectivity index is 2.69. The second kappa shape index (κ2) is 3.72. The van der Waals surface area contributed by atoms with Crippen molar-refractivity contribution in [2.45, 2.75) is 19.3 Å². The van der Waals surface area contributed by atoms with Crippen LogP contribution in [0.25, 0.3) is 0 Å². The zero-order valence-electron chi connectivity index (χ0n) is 6.21. The number of hydrogen-bond acceptors (Lipinski definition) is 2. The molecule has 0 saturated heterocycles. The van der Waals surface area contributed by atoms with Crippen molar-refractivity contribution >= 4 is 6.29 Å². The molecular formula is C9H9NO. The number of carbonyl (C=O) groups excluding carboxylic acids is 1. The second-order valence-electron chi connectivity index (χ2n) is 2.47. The van der Waals surface area contributed by atoms with Gasteiger partial charge in [0.1, 0.15) is 6.29 Å². The Kier molecular flexibility index (Phi) is 2.62. The lowest BCUT2D eigenvalue weighted by atomic mass is 9.99. The Labute approximate surface area is 65.8 Å². The molecule has 0 spiro atoms. The molecule has 1 aliphatic rings. The maximum atomic E-state index is 10.1. The Morgan fingerprint density at radius 1 is 1.73 bits per heavy atom. The standard InChI is InChI=1S/C9H9NO/c10-7-9-3-1-2-8(6-9)4-5-11/h2,5-6H,1,3-4H2. The second-order valence-corrected chi connectivity index (χ2v) is 2.47. The number of nitrogens with zero attached hydrogens (tertiary/aromatic N) is 1. The molecule has 0 unspecified atom stereocenters. The third kappa shape index (κ3) is 2.05. The fourth-order valence-corrected chi connectivity index (χ4v) is 1.09. The molecule has 0 amide bonds. The quantitative estimate of drug-likeness (QED) is 0.558. The number of nitriles is 1. The minimum atomic E-state index is 0.436. The Bertz CT molecular complexity index is 255. The van der Waals surface area contributed by atoms with Crippen molar-refractivity contribution < 1.29 is 4.79 Å². The normalized spacial score (nSPS) is 16.3. The molecule has 11 heavy (non-hydrogen) atoms. The first-order valence-corrected chi connectivity index (χ1v) is 3.60. The fourth-order valence-electron chi connectivity index (χ4n) is 1.09. The molecule has 0 heterocycles. The number of allylic oxidation sites excluding steroid dienone is 4. The maximum absolute atomic E-state index is 10.1. The minimum Gasteiger partial charge on any atom is -0.303 e. The first-order valence-electron chi connectivity index (χ1n) is 3.60. The van der Waals surface area contributed by atoms with Gasteiger partial charge in [0, 0.05) is 12.0 Å². The monoisotopic (exact) mass is 147 g/mol. The van der Waals surface area contributed by atoms with Crippen molar-refractivity contribution in [2.75, 3.05) is 0 Å². The summed E-state index contributed by atoms with van der Waals surface area (Å²) in [6.07, 6.45) is 6.82. The average molecular weight is 147 g/mol. The fraction of sp³-hybridized carbons (Fsp3) is 0.333. The van der Waals surface area contributed by atoms with Crippen LogP contribution in [-0.2, 0) is 4.79 Å². The first kappa shape index (κ1) is 7.74. The van der Waals surface area contributed by atoms with Gasteiger partial charge in [-0.2, -0.15) is 5.26 Å². The van der Waals surface area contributed by atoms with E-state index in [2.05, 4.69) is 6.07 Å². The van der Waals surface area contributed by atoms with Crippen molar-refractivity contribution in [1.82, 2.24) is 0 Å². The molecule has 0 aromatic heterocycles. The van der Waals surface area contributed by atoms with E-state index >= 15 is 0 Å². The lowest BCUT2D eigenvalue weighted by Gasteiger charge is -2.05. The van der Waals surface area contributed by atoms with Gasteiger partial charge in [-0.25, -0.2) is 0 Å². The summed E-state index contributed by atoms with van der Waals surface area (Å²) in [4.78, 5) is 10.1. The van der Waals surface area contributed by atoms with Crippen molar-refractivity contribution in [2.24, 2.45) is 0 Å². The molecule has 0 aromatic carbocycles. The number of rotatable bonds is 2. The first-order chi connectivity index (χ1) is 5.36.